The van der Waals surface area contributed by atoms with E-state index in [0.29, 0.717) is 5.92 Å². The minimum Gasteiger partial charge on any atom is -0.443 e. The van der Waals surface area contributed by atoms with E-state index in [0.717, 1.165) is 25.2 Å². The summed E-state index contributed by atoms with van der Waals surface area (Å²) in [6, 6.07) is 0. The van der Waals surface area contributed by atoms with Crippen LogP contribution >= 0.6 is 0 Å². The molecule has 2 aliphatic heterocycles. The zero-order valence-corrected chi connectivity index (χ0v) is 10.5. The smallest absolute Gasteiger partial charge is 0.414 e. The highest BCUT2D eigenvalue weighted by molar-refractivity contribution is 5.71. The Morgan fingerprint density at radius 2 is 2.19 bits per heavy atom. The van der Waals surface area contributed by atoms with Gasteiger partial charge in [0, 0.05) is 38.0 Å². The van der Waals surface area contributed by atoms with Crippen molar-refractivity contribution in [1.29, 1.82) is 0 Å². The van der Waals surface area contributed by atoms with E-state index in [1.807, 2.05) is 27.8 Å². The molecule has 0 aromatic rings. The lowest BCUT2D eigenvalue weighted by Crippen LogP contribution is -2.34. The first-order chi connectivity index (χ1) is 7.37. The molecule has 2 rings (SSSR count). The largest absolute Gasteiger partial charge is 0.443 e. The zero-order valence-electron chi connectivity index (χ0n) is 10.5. The molecule has 0 radical (unpaired) electrons. The van der Waals surface area contributed by atoms with E-state index in [1.165, 1.54) is 0 Å². The van der Waals surface area contributed by atoms with Crippen molar-refractivity contribution in [3.8, 4) is 0 Å². The molecule has 1 unspecified atom stereocenters. The third-order valence-corrected chi connectivity index (χ3v) is 2.91. The Hall–Kier alpha value is -1.19. The Morgan fingerprint density at radius 1 is 1.50 bits per heavy atom. The highest BCUT2D eigenvalue weighted by atomic mass is 16.6. The Bertz CT molecular complexity index is 330. The second-order valence-corrected chi connectivity index (χ2v) is 5.61. The minimum atomic E-state index is -0.416. The van der Waals surface area contributed by atoms with Gasteiger partial charge in [0.25, 0.3) is 0 Å². The van der Waals surface area contributed by atoms with Gasteiger partial charge in [-0.15, -0.1) is 0 Å². The van der Waals surface area contributed by atoms with Gasteiger partial charge in [-0.25, -0.2) is 4.79 Å². The first-order valence-corrected chi connectivity index (χ1v) is 5.79. The molecule has 0 aliphatic carbocycles. The molecule has 0 aromatic heterocycles. The van der Waals surface area contributed by atoms with Crippen molar-refractivity contribution in [2.24, 2.45) is 5.92 Å². The number of hydrogen-bond acceptors (Lipinski definition) is 3. The van der Waals surface area contributed by atoms with Gasteiger partial charge < -0.3 is 9.64 Å². The van der Waals surface area contributed by atoms with Gasteiger partial charge in [-0.2, -0.15) is 0 Å². The molecular weight excluding hydrogens is 204 g/mol. The predicted molar refractivity (Wildman–Crippen MR) is 61.8 cm³/mol. The van der Waals surface area contributed by atoms with Gasteiger partial charge in [-0.1, -0.05) is 0 Å². The lowest BCUT2D eigenvalue weighted by Gasteiger charge is -2.24. The number of rotatable bonds is 0. The van der Waals surface area contributed by atoms with Crippen LogP contribution in [0.5, 0.6) is 0 Å². The molecule has 0 aromatic carbocycles. The summed E-state index contributed by atoms with van der Waals surface area (Å²) < 4.78 is 5.39. The number of fused-ring (bicyclic) bond motifs is 1. The fourth-order valence-corrected chi connectivity index (χ4v) is 2.28. The molecule has 0 saturated carbocycles. The average molecular weight is 224 g/mol. The van der Waals surface area contributed by atoms with Gasteiger partial charge in [0.05, 0.1) is 0 Å². The summed E-state index contributed by atoms with van der Waals surface area (Å²) in [5, 5.41) is 0. The molecular formula is C12H20N2O2. The Labute approximate surface area is 96.8 Å². The number of likely N-dealkylation sites (tertiary alicyclic amines) is 1. The molecule has 1 fully saturated rings. The van der Waals surface area contributed by atoms with Crippen molar-refractivity contribution in [2.45, 2.75) is 32.8 Å². The van der Waals surface area contributed by atoms with E-state index in [-0.39, 0.29) is 6.09 Å². The fourth-order valence-electron chi connectivity index (χ4n) is 2.28. The van der Waals surface area contributed by atoms with Crippen LogP contribution in [0.15, 0.2) is 11.9 Å². The number of hydrogen-bond donors (Lipinski definition) is 0. The van der Waals surface area contributed by atoms with Crippen molar-refractivity contribution in [3.05, 3.63) is 11.9 Å². The van der Waals surface area contributed by atoms with Gasteiger partial charge in [-0.3, -0.25) is 4.90 Å². The van der Waals surface area contributed by atoms with Crippen molar-refractivity contribution < 1.29 is 9.53 Å². The summed E-state index contributed by atoms with van der Waals surface area (Å²) in [6.07, 6.45) is 2.90. The van der Waals surface area contributed by atoms with Crippen LogP contribution < -0.4 is 0 Å². The van der Waals surface area contributed by atoms with Crippen LogP contribution in [0, 0.1) is 5.92 Å². The molecule has 0 N–H and O–H groups in total. The predicted octanol–water partition coefficient (Wildman–Crippen LogP) is 2.03. The van der Waals surface area contributed by atoms with Crippen molar-refractivity contribution in [2.75, 3.05) is 20.1 Å². The van der Waals surface area contributed by atoms with Gasteiger partial charge >= 0.3 is 6.09 Å². The maximum atomic E-state index is 12.0. The molecule has 1 atom stereocenters. The Kier molecular flexibility index (Phi) is 2.60. The van der Waals surface area contributed by atoms with Gasteiger partial charge in [-0.05, 0) is 27.2 Å². The minimum absolute atomic E-state index is 0.212. The summed E-state index contributed by atoms with van der Waals surface area (Å²) in [7, 11) is 2.04. The van der Waals surface area contributed by atoms with E-state index in [1.54, 1.807) is 4.90 Å². The Morgan fingerprint density at radius 3 is 2.81 bits per heavy atom. The van der Waals surface area contributed by atoms with E-state index in [4.69, 9.17) is 4.74 Å². The quantitative estimate of drug-likeness (QED) is 0.631. The van der Waals surface area contributed by atoms with Crippen LogP contribution in [0.2, 0.25) is 0 Å². The summed E-state index contributed by atoms with van der Waals surface area (Å²) in [4.78, 5) is 15.9. The highest BCUT2D eigenvalue weighted by Gasteiger charge is 2.37. The standard InChI is InChI=1S/C12H20N2O2/c1-12(2,3)16-11(15)14-6-5-9-7-13(4)8-10(9)14/h8-9H,5-7H2,1-4H3. The van der Waals surface area contributed by atoms with Crippen molar-refractivity contribution >= 4 is 6.09 Å². The summed E-state index contributed by atoms with van der Waals surface area (Å²) >= 11 is 0. The molecule has 0 spiro atoms. The third kappa shape index (κ3) is 2.15. The van der Waals surface area contributed by atoms with Crippen LogP contribution in [-0.2, 0) is 4.74 Å². The second kappa shape index (κ2) is 3.68. The van der Waals surface area contributed by atoms with E-state index < -0.39 is 5.60 Å². The Balaban J connectivity index is 2.06. The van der Waals surface area contributed by atoms with Gasteiger partial charge in [0.2, 0.25) is 0 Å². The number of nitrogens with zero attached hydrogens (tertiary/aromatic N) is 2. The van der Waals surface area contributed by atoms with Crippen LogP contribution in [-0.4, -0.2) is 41.6 Å². The van der Waals surface area contributed by atoms with Crippen molar-refractivity contribution in [1.82, 2.24) is 9.80 Å². The van der Waals surface area contributed by atoms with Crippen LogP contribution in [0.25, 0.3) is 0 Å². The molecule has 2 aliphatic rings. The average Bonchev–Trinajstić information content (AvgIpc) is 2.58. The molecule has 90 valence electrons. The second-order valence-electron chi connectivity index (χ2n) is 5.61. The number of ether oxygens (including phenoxy) is 1. The van der Waals surface area contributed by atoms with Crippen LogP contribution in [0.1, 0.15) is 27.2 Å². The topological polar surface area (TPSA) is 32.8 Å². The summed E-state index contributed by atoms with van der Waals surface area (Å²) in [5.74, 6) is 0.512. The van der Waals surface area contributed by atoms with Crippen molar-refractivity contribution in [3.63, 3.8) is 0 Å². The number of carbonyl (C=O) groups excluding carboxylic acids is 1. The molecule has 0 bridgehead atoms. The number of carbonyl (C=O) groups is 1. The molecule has 1 amide bonds. The van der Waals surface area contributed by atoms with E-state index in [9.17, 15) is 4.79 Å². The highest BCUT2D eigenvalue weighted by Crippen LogP contribution is 2.34. The van der Waals surface area contributed by atoms with Crippen LogP contribution in [0.4, 0.5) is 4.79 Å². The monoisotopic (exact) mass is 224 g/mol. The summed E-state index contributed by atoms with van der Waals surface area (Å²) in [6.45, 7) is 7.50. The maximum absolute atomic E-state index is 12.0. The van der Waals surface area contributed by atoms with Gasteiger partial charge in [0.15, 0.2) is 0 Å². The molecule has 16 heavy (non-hydrogen) atoms. The van der Waals surface area contributed by atoms with Gasteiger partial charge in [0.1, 0.15) is 5.60 Å². The first-order valence-electron chi connectivity index (χ1n) is 5.79. The zero-order chi connectivity index (χ0) is 11.9. The molecule has 2 heterocycles. The summed E-state index contributed by atoms with van der Waals surface area (Å²) in [5.41, 5.74) is 0.706. The maximum Gasteiger partial charge on any atom is 0.414 e. The van der Waals surface area contributed by atoms with Crippen LogP contribution in [0.3, 0.4) is 0 Å². The number of amides is 1. The third-order valence-electron chi connectivity index (χ3n) is 2.91. The molecule has 1 saturated heterocycles. The fraction of sp³-hybridized carbons (Fsp3) is 0.750. The lowest BCUT2D eigenvalue weighted by molar-refractivity contribution is 0.0337. The molecule has 4 heteroatoms. The molecule has 4 nitrogen and oxygen atoms in total. The SMILES string of the molecule is CN1C=C2C(CCN2C(=O)OC(C)(C)C)C1. The lowest BCUT2D eigenvalue weighted by atomic mass is 10.1. The normalized spacial score (nSPS) is 24.5. The van der Waals surface area contributed by atoms with E-state index in [2.05, 4.69) is 11.1 Å². The van der Waals surface area contributed by atoms with E-state index >= 15 is 0 Å². The first kappa shape index (κ1) is 11.3.